The highest BCUT2D eigenvalue weighted by Crippen LogP contribution is 2.29. The van der Waals surface area contributed by atoms with Gasteiger partial charge < -0.3 is 10.5 Å². The maximum absolute atomic E-state index is 13.2. The molecule has 6 nitrogen and oxygen atoms in total. The minimum atomic E-state index is -3.71. The van der Waals surface area contributed by atoms with Crippen LogP contribution in [0.3, 0.4) is 0 Å². The lowest BCUT2D eigenvalue weighted by atomic mass is 10.00. The lowest BCUT2D eigenvalue weighted by molar-refractivity contribution is 0.0526. The van der Waals surface area contributed by atoms with Gasteiger partial charge in [-0.05, 0) is 51.3 Å². The normalized spacial score (nSPS) is 20.6. The molecular weight excluding hydrogens is 328 g/mol. The summed E-state index contributed by atoms with van der Waals surface area (Å²) >= 11 is 0. The molecule has 1 aromatic rings. The molecule has 0 spiro atoms. The van der Waals surface area contributed by atoms with Gasteiger partial charge in [0.05, 0.1) is 17.1 Å². The Morgan fingerprint density at radius 1 is 1.42 bits per heavy atom. The van der Waals surface area contributed by atoms with Crippen molar-refractivity contribution < 1.29 is 17.9 Å². The molecule has 1 aliphatic heterocycles. The van der Waals surface area contributed by atoms with E-state index in [1.54, 1.807) is 26.0 Å². The number of carbonyl (C=O) groups excluding carboxylic acids is 1. The molecule has 1 fully saturated rings. The zero-order chi connectivity index (χ0) is 17.9. The Labute approximate surface area is 144 Å². The number of carbonyl (C=O) groups is 1. The SMILES string of the molecule is CCOC(=O)c1ccc(C)c(S(=O)(=O)N2CCCCC2C(C)N)c1. The summed E-state index contributed by atoms with van der Waals surface area (Å²) in [7, 11) is -3.71. The van der Waals surface area contributed by atoms with Gasteiger partial charge in [0.25, 0.3) is 0 Å². The maximum atomic E-state index is 13.2. The first-order chi connectivity index (χ1) is 11.3. The molecule has 0 aliphatic carbocycles. The molecule has 24 heavy (non-hydrogen) atoms. The lowest BCUT2D eigenvalue weighted by Crippen LogP contribution is -2.51. The average Bonchev–Trinajstić information content (AvgIpc) is 2.55. The van der Waals surface area contributed by atoms with Crippen molar-refractivity contribution in [2.75, 3.05) is 13.2 Å². The minimum Gasteiger partial charge on any atom is -0.462 e. The monoisotopic (exact) mass is 354 g/mol. The van der Waals surface area contributed by atoms with Crippen molar-refractivity contribution in [2.45, 2.75) is 57.0 Å². The highest BCUT2D eigenvalue weighted by atomic mass is 32.2. The van der Waals surface area contributed by atoms with Gasteiger partial charge >= 0.3 is 5.97 Å². The van der Waals surface area contributed by atoms with E-state index in [2.05, 4.69) is 0 Å². The quantitative estimate of drug-likeness (QED) is 0.818. The number of hydrogen-bond acceptors (Lipinski definition) is 5. The van der Waals surface area contributed by atoms with Gasteiger partial charge in [-0.25, -0.2) is 13.2 Å². The summed E-state index contributed by atoms with van der Waals surface area (Å²) in [4.78, 5) is 12.1. The zero-order valence-electron chi connectivity index (χ0n) is 14.5. The molecule has 2 atom stereocenters. The number of sulfonamides is 1. The predicted molar refractivity (Wildman–Crippen MR) is 92.3 cm³/mol. The van der Waals surface area contributed by atoms with E-state index < -0.39 is 16.0 Å². The van der Waals surface area contributed by atoms with Crippen molar-refractivity contribution in [1.29, 1.82) is 0 Å². The van der Waals surface area contributed by atoms with Crippen molar-refractivity contribution in [3.05, 3.63) is 29.3 Å². The van der Waals surface area contributed by atoms with E-state index in [0.717, 1.165) is 19.3 Å². The number of piperidine rings is 1. The van der Waals surface area contributed by atoms with Gasteiger partial charge in [0, 0.05) is 18.6 Å². The predicted octanol–water partition coefficient (Wildman–Crippen LogP) is 2.06. The van der Waals surface area contributed by atoms with E-state index in [1.165, 1.54) is 10.4 Å². The highest BCUT2D eigenvalue weighted by molar-refractivity contribution is 7.89. The molecule has 0 aromatic heterocycles. The van der Waals surface area contributed by atoms with Crippen molar-refractivity contribution in [2.24, 2.45) is 5.73 Å². The summed E-state index contributed by atoms with van der Waals surface area (Å²) in [6, 6.07) is 4.19. The number of aryl methyl sites for hydroxylation is 1. The summed E-state index contributed by atoms with van der Waals surface area (Å²) in [5.41, 5.74) is 6.86. The Morgan fingerprint density at radius 3 is 2.75 bits per heavy atom. The number of nitrogens with two attached hydrogens (primary N) is 1. The second-order valence-corrected chi connectivity index (χ2v) is 8.10. The fourth-order valence-electron chi connectivity index (χ4n) is 3.10. The van der Waals surface area contributed by atoms with Gasteiger partial charge in [0.15, 0.2) is 0 Å². The Hall–Kier alpha value is -1.44. The average molecular weight is 354 g/mol. The zero-order valence-corrected chi connectivity index (χ0v) is 15.3. The lowest BCUT2D eigenvalue weighted by Gasteiger charge is -2.37. The standard InChI is InChI=1S/C17H26N2O4S/c1-4-23-17(20)14-9-8-12(2)16(11-14)24(21,22)19-10-6-5-7-15(19)13(3)18/h8-9,11,13,15H,4-7,10,18H2,1-3H3. The van der Waals surface area contributed by atoms with Crippen molar-refractivity contribution in [1.82, 2.24) is 4.31 Å². The van der Waals surface area contributed by atoms with Crippen LogP contribution in [0.5, 0.6) is 0 Å². The van der Waals surface area contributed by atoms with Crippen molar-refractivity contribution in [3.8, 4) is 0 Å². The third-order valence-corrected chi connectivity index (χ3v) is 6.46. The van der Waals surface area contributed by atoms with Crippen LogP contribution in [0.4, 0.5) is 0 Å². The molecule has 0 amide bonds. The van der Waals surface area contributed by atoms with Crippen LogP contribution in [0.2, 0.25) is 0 Å². The smallest absolute Gasteiger partial charge is 0.338 e. The van der Waals surface area contributed by atoms with Crippen molar-refractivity contribution >= 4 is 16.0 Å². The summed E-state index contributed by atoms with van der Waals surface area (Å²) in [6.45, 7) is 5.98. The fraction of sp³-hybridized carbons (Fsp3) is 0.588. The van der Waals surface area contributed by atoms with Crippen LogP contribution in [-0.4, -0.2) is 43.9 Å². The van der Waals surface area contributed by atoms with Gasteiger partial charge in [-0.15, -0.1) is 0 Å². The summed E-state index contributed by atoms with van der Waals surface area (Å²) in [5, 5.41) is 0. The largest absolute Gasteiger partial charge is 0.462 e. The molecule has 0 radical (unpaired) electrons. The molecule has 1 aliphatic rings. The Bertz CT molecular complexity index is 701. The molecule has 2 unspecified atom stereocenters. The third-order valence-electron chi connectivity index (χ3n) is 4.39. The molecule has 1 heterocycles. The molecule has 1 aromatic carbocycles. The van der Waals surface area contributed by atoms with E-state index in [1.807, 2.05) is 6.92 Å². The van der Waals surface area contributed by atoms with Crippen LogP contribution < -0.4 is 5.73 Å². The van der Waals surface area contributed by atoms with E-state index in [0.29, 0.717) is 12.1 Å². The molecule has 2 rings (SSSR count). The number of nitrogens with zero attached hydrogens (tertiary/aromatic N) is 1. The van der Waals surface area contributed by atoms with E-state index in [-0.39, 0.29) is 29.1 Å². The first-order valence-electron chi connectivity index (χ1n) is 8.34. The third kappa shape index (κ3) is 3.79. The molecule has 7 heteroatoms. The van der Waals surface area contributed by atoms with Gasteiger partial charge in [0.2, 0.25) is 10.0 Å². The number of ether oxygens (including phenoxy) is 1. The van der Waals surface area contributed by atoms with E-state index in [9.17, 15) is 13.2 Å². The molecule has 0 saturated carbocycles. The van der Waals surface area contributed by atoms with Crippen LogP contribution in [0.25, 0.3) is 0 Å². The molecule has 0 bridgehead atoms. The molecule has 134 valence electrons. The van der Waals surface area contributed by atoms with Gasteiger partial charge in [-0.1, -0.05) is 12.5 Å². The molecule has 2 N–H and O–H groups in total. The first-order valence-corrected chi connectivity index (χ1v) is 9.78. The molecule has 1 saturated heterocycles. The van der Waals surface area contributed by atoms with Crippen LogP contribution in [-0.2, 0) is 14.8 Å². The summed E-state index contributed by atoms with van der Waals surface area (Å²) in [5.74, 6) is -0.517. The van der Waals surface area contributed by atoms with E-state index in [4.69, 9.17) is 10.5 Å². The number of hydrogen-bond donors (Lipinski definition) is 1. The second kappa shape index (κ2) is 7.63. The van der Waals surface area contributed by atoms with Crippen LogP contribution >= 0.6 is 0 Å². The summed E-state index contributed by atoms with van der Waals surface area (Å²) in [6.07, 6.45) is 2.55. The minimum absolute atomic E-state index is 0.153. The molecular formula is C17H26N2O4S. The maximum Gasteiger partial charge on any atom is 0.338 e. The Balaban J connectivity index is 2.44. The van der Waals surface area contributed by atoms with Crippen LogP contribution in [0.1, 0.15) is 49.0 Å². The Kier molecular flexibility index (Phi) is 6.01. The highest BCUT2D eigenvalue weighted by Gasteiger charge is 2.36. The number of esters is 1. The van der Waals surface area contributed by atoms with Crippen molar-refractivity contribution in [3.63, 3.8) is 0 Å². The topological polar surface area (TPSA) is 89.7 Å². The first kappa shape index (κ1) is 18.9. The van der Waals surface area contributed by atoms with Gasteiger partial charge in [0.1, 0.15) is 0 Å². The van der Waals surface area contributed by atoms with Gasteiger partial charge in [-0.3, -0.25) is 0 Å². The number of benzene rings is 1. The fourth-order valence-corrected chi connectivity index (χ4v) is 5.13. The summed E-state index contributed by atoms with van der Waals surface area (Å²) < 4.78 is 32.8. The Morgan fingerprint density at radius 2 is 2.12 bits per heavy atom. The van der Waals surface area contributed by atoms with Crippen LogP contribution in [0.15, 0.2) is 23.1 Å². The van der Waals surface area contributed by atoms with Gasteiger partial charge in [-0.2, -0.15) is 4.31 Å². The number of rotatable bonds is 5. The second-order valence-electron chi connectivity index (χ2n) is 6.24. The van der Waals surface area contributed by atoms with Crippen LogP contribution in [0, 0.1) is 6.92 Å². The van der Waals surface area contributed by atoms with E-state index >= 15 is 0 Å².